The number of sulfone groups is 1. The van der Waals surface area contributed by atoms with Crippen molar-refractivity contribution in [3.63, 3.8) is 0 Å². The quantitative estimate of drug-likeness (QED) is 0.415. The number of benzene rings is 1. The molecule has 2 aromatic heterocycles. The van der Waals surface area contributed by atoms with Gasteiger partial charge in [0, 0.05) is 62.2 Å². The minimum absolute atomic E-state index is 0.00226. The number of nitrogens with one attached hydrogen (secondary N) is 1. The van der Waals surface area contributed by atoms with Gasteiger partial charge in [-0.05, 0) is 42.3 Å². The van der Waals surface area contributed by atoms with Gasteiger partial charge in [0.15, 0.2) is 11.6 Å². The molecule has 3 aromatic rings. The third kappa shape index (κ3) is 5.70. The molecule has 0 amide bonds. The van der Waals surface area contributed by atoms with E-state index in [1.165, 1.54) is 6.26 Å². The van der Waals surface area contributed by atoms with E-state index in [2.05, 4.69) is 58.1 Å². The van der Waals surface area contributed by atoms with Crippen LogP contribution in [-0.4, -0.2) is 85.5 Å². The molecule has 0 bridgehead atoms. The van der Waals surface area contributed by atoms with E-state index in [-0.39, 0.29) is 42.1 Å². The van der Waals surface area contributed by atoms with Crippen molar-refractivity contribution in [2.75, 3.05) is 53.9 Å². The fourth-order valence-corrected chi connectivity index (χ4v) is 6.90. The number of aliphatic hydroxyl groups is 1. The molecule has 0 radical (unpaired) electrons. The Labute approximate surface area is 234 Å². The Hall–Kier alpha value is -3.09. The summed E-state index contributed by atoms with van der Waals surface area (Å²) in [6.45, 7) is 7.82. The summed E-state index contributed by atoms with van der Waals surface area (Å²) >= 11 is 0. The van der Waals surface area contributed by atoms with Crippen LogP contribution in [-0.2, 0) is 14.6 Å². The molecule has 1 aromatic carbocycles. The monoisotopic (exact) mass is 572 g/mol. The van der Waals surface area contributed by atoms with E-state index in [4.69, 9.17) is 4.74 Å². The van der Waals surface area contributed by atoms with Crippen LogP contribution in [0.15, 0.2) is 30.6 Å². The number of methoxy groups -OCH3 is 1. The number of fused-ring (bicyclic) bond motifs is 1. The average Bonchev–Trinajstić information content (AvgIpc) is 2.90. The average molecular weight is 573 g/mol. The second-order valence-corrected chi connectivity index (χ2v) is 13.4. The predicted octanol–water partition coefficient (Wildman–Crippen LogP) is 3.49. The first kappa shape index (κ1) is 28.4. The smallest absolute Gasteiger partial charge is 0.227 e. The van der Waals surface area contributed by atoms with Crippen LogP contribution in [0.1, 0.15) is 38.7 Å². The van der Waals surface area contributed by atoms with Crippen LogP contribution in [0.25, 0.3) is 10.8 Å². The molecule has 0 saturated carbocycles. The molecule has 2 unspecified atom stereocenters. The number of rotatable bonds is 8. The molecule has 40 heavy (non-hydrogen) atoms. The zero-order valence-corrected chi connectivity index (χ0v) is 24.3. The lowest BCUT2D eigenvalue weighted by molar-refractivity contribution is -0.0219. The van der Waals surface area contributed by atoms with E-state index in [9.17, 15) is 17.9 Å². The van der Waals surface area contributed by atoms with Crippen LogP contribution in [0.5, 0.6) is 0 Å². The van der Waals surface area contributed by atoms with Crippen molar-refractivity contribution < 1.29 is 22.7 Å². The Bertz CT molecular complexity index is 1500. The van der Waals surface area contributed by atoms with E-state index in [0.717, 1.165) is 28.2 Å². The maximum absolute atomic E-state index is 14.8. The van der Waals surface area contributed by atoms with Crippen LogP contribution >= 0.6 is 0 Å². The fourth-order valence-electron chi connectivity index (χ4n) is 5.74. The number of pyridine rings is 1. The minimum atomic E-state index is -3.05. The topological polar surface area (TPSA) is 121 Å². The summed E-state index contributed by atoms with van der Waals surface area (Å²) in [5.41, 5.74) is 2.13. The summed E-state index contributed by atoms with van der Waals surface area (Å²) in [6, 6.07) is 6.17. The lowest BCUT2D eigenvalue weighted by atomic mass is 9.88. The summed E-state index contributed by atoms with van der Waals surface area (Å²) in [4.78, 5) is 17.2. The predicted molar refractivity (Wildman–Crippen MR) is 155 cm³/mol. The first-order valence-corrected chi connectivity index (χ1v) is 15.6. The van der Waals surface area contributed by atoms with Gasteiger partial charge in [-0.25, -0.2) is 22.8 Å². The van der Waals surface area contributed by atoms with Crippen LogP contribution in [0.4, 0.5) is 27.7 Å². The first-order chi connectivity index (χ1) is 18.9. The van der Waals surface area contributed by atoms with Crippen molar-refractivity contribution >= 4 is 43.9 Å². The molecule has 216 valence electrons. The van der Waals surface area contributed by atoms with E-state index in [0.29, 0.717) is 31.3 Å². The van der Waals surface area contributed by atoms with Gasteiger partial charge in [-0.3, -0.25) is 0 Å². The molecule has 2 N–H and O–H groups in total. The number of β-amino-alcohol motifs (C(OH)–C–C–N with tert-alkyl or cyclic N) is 1. The van der Waals surface area contributed by atoms with Gasteiger partial charge in [0.25, 0.3) is 0 Å². The number of aliphatic hydroxyl groups excluding tert-OH is 1. The summed E-state index contributed by atoms with van der Waals surface area (Å²) in [7, 11) is -1.47. The van der Waals surface area contributed by atoms with E-state index in [1.807, 2.05) is 11.0 Å². The molecule has 2 aliphatic rings. The zero-order valence-electron chi connectivity index (χ0n) is 23.5. The van der Waals surface area contributed by atoms with Crippen LogP contribution < -0.4 is 15.1 Å². The maximum atomic E-state index is 14.8. The largest absolute Gasteiger partial charge is 0.389 e. The minimum Gasteiger partial charge on any atom is -0.389 e. The molecule has 0 aliphatic carbocycles. The van der Waals surface area contributed by atoms with Crippen molar-refractivity contribution in [3.8, 4) is 0 Å². The van der Waals surface area contributed by atoms with E-state index >= 15 is 0 Å². The fraction of sp³-hybridized carbons (Fsp3) is 0.536. The highest BCUT2D eigenvalue weighted by Gasteiger charge is 2.38. The number of nitrogens with zero attached hydrogens (tertiary/aromatic N) is 5. The molecule has 5 rings (SSSR count). The van der Waals surface area contributed by atoms with Gasteiger partial charge >= 0.3 is 0 Å². The zero-order chi connectivity index (χ0) is 28.8. The van der Waals surface area contributed by atoms with E-state index < -0.39 is 21.8 Å². The molecule has 2 fully saturated rings. The van der Waals surface area contributed by atoms with Gasteiger partial charge in [-0.2, -0.15) is 4.98 Å². The molecule has 0 spiro atoms. The van der Waals surface area contributed by atoms with Gasteiger partial charge in [0.05, 0.1) is 24.2 Å². The van der Waals surface area contributed by atoms with Crippen LogP contribution in [0.2, 0.25) is 0 Å². The second kappa shape index (κ2) is 11.1. The molecule has 4 atom stereocenters. The maximum Gasteiger partial charge on any atom is 0.227 e. The Morgan fingerprint density at radius 2 is 1.98 bits per heavy atom. The van der Waals surface area contributed by atoms with E-state index in [1.54, 1.807) is 13.3 Å². The van der Waals surface area contributed by atoms with Gasteiger partial charge in [-0.1, -0.05) is 19.9 Å². The molecular formula is C28H37FN6O4S. The second-order valence-electron chi connectivity index (χ2n) is 11.3. The SMILES string of the molecule is COC1CCN(c2ncc(F)c(Nc3cc4c(C(C)C)ccc(N5C[C@H](CS(C)(=O)=O)[C@H]5C)c4cn3)n2)CC1O. The molecule has 10 nitrogen and oxygen atoms in total. The number of ether oxygens (including phenoxy) is 1. The third-order valence-corrected chi connectivity index (χ3v) is 9.08. The highest BCUT2D eigenvalue weighted by Crippen LogP contribution is 2.39. The number of aromatic nitrogens is 3. The standard InChI is InChI=1S/C28H37FN6O4S/c1-16(2)19-6-7-23(35-13-18(17(35)3)15-40(5,37)38)21-11-30-26(10-20(19)21)32-27-22(29)12-31-28(33-27)34-9-8-25(39-4)24(36)14-34/h6-7,10-12,16-18,24-25,36H,8-9,13-15H2,1-5H3,(H,30,31,32,33)/t17-,18-,24?,25?/m1/s1. The Morgan fingerprint density at radius 3 is 2.62 bits per heavy atom. The summed E-state index contributed by atoms with van der Waals surface area (Å²) in [5, 5.41) is 15.3. The Morgan fingerprint density at radius 1 is 1.20 bits per heavy atom. The summed E-state index contributed by atoms with van der Waals surface area (Å²) in [5.74, 6) is 0.653. The lowest BCUT2D eigenvalue weighted by Gasteiger charge is -2.48. The number of anilines is 4. The van der Waals surface area contributed by atoms with Crippen molar-refractivity contribution in [2.45, 2.75) is 51.4 Å². The lowest BCUT2D eigenvalue weighted by Crippen LogP contribution is -2.57. The van der Waals surface area contributed by atoms with Crippen molar-refractivity contribution in [1.82, 2.24) is 15.0 Å². The molecular weight excluding hydrogens is 535 g/mol. The summed E-state index contributed by atoms with van der Waals surface area (Å²) < 4.78 is 43.8. The molecule has 2 aliphatic heterocycles. The van der Waals surface area contributed by atoms with Crippen molar-refractivity contribution in [3.05, 3.63) is 42.0 Å². The van der Waals surface area contributed by atoms with Crippen molar-refractivity contribution in [1.29, 1.82) is 0 Å². The van der Waals surface area contributed by atoms with Gasteiger partial charge in [-0.15, -0.1) is 0 Å². The highest BCUT2D eigenvalue weighted by molar-refractivity contribution is 7.90. The van der Waals surface area contributed by atoms with Gasteiger partial charge < -0.3 is 25.0 Å². The Balaban J connectivity index is 1.43. The van der Waals surface area contributed by atoms with Gasteiger partial charge in [0.1, 0.15) is 15.7 Å². The summed E-state index contributed by atoms with van der Waals surface area (Å²) in [6.07, 6.45) is 3.85. The first-order valence-electron chi connectivity index (χ1n) is 13.6. The number of piperidine rings is 1. The van der Waals surface area contributed by atoms with Crippen molar-refractivity contribution in [2.24, 2.45) is 5.92 Å². The van der Waals surface area contributed by atoms with Gasteiger partial charge in [0.2, 0.25) is 5.95 Å². The number of hydrogen-bond acceptors (Lipinski definition) is 10. The highest BCUT2D eigenvalue weighted by atomic mass is 32.2. The van der Waals surface area contributed by atoms with Crippen LogP contribution in [0.3, 0.4) is 0 Å². The normalized spacial score (nSPS) is 23.5. The molecule has 12 heteroatoms. The number of hydrogen-bond donors (Lipinski definition) is 2. The van der Waals surface area contributed by atoms with Crippen LogP contribution in [0, 0.1) is 11.7 Å². The molecule has 4 heterocycles. The third-order valence-electron chi connectivity index (χ3n) is 8.05. The molecule has 2 saturated heterocycles. The Kier molecular flexibility index (Phi) is 7.86. The number of halogens is 1.